The largest absolute Gasteiger partial charge is 0.466 e. The average Bonchev–Trinajstić information content (AvgIpc) is 3.29. The number of hydrogen-bond acceptors (Lipinski definition) is 7. The highest BCUT2D eigenvalue weighted by Gasteiger charge is 2.48. The Morgan fingerprint density at radius 1 is 0.968 bits per heavy atom. The number of thiophene rings is 1. The van der Waals surface area contributed by atoms with Crippen LogP contribution in [-0.4, -0.2) is 36.3 Å². The Morgan fingerprint density at radius 3 is 2.23 bits per heavy atom. The van der Waals surface area contributed by atoms with Crippen LogP contribution >= 0.6 is 23.1 Å². The molecule has 1 amide bonds. The lowest BCUT2D eigenvalue weighted by Crippen LogP contribution is -2.44. The Bertz CT molecular complexity index is 942. The third kappa shape index (κ3) is 5.02. The fraction of sp³-hybridized carbons (Fsp3) is 0.348. The second-order valence-corrected chi connectivity index (χ2v) is 8.81. The molecule has 1 aliphatic rings. The molecule has 3 unspecified atom stereocenters. The number of ether oxygens (including phenoxy) is 2. The lowest BCUT2D eigenvalue weighted by molar-refractivity contribution is -0.154. The molecule has 0 radical (unpaired) electrons. The van der Waals surface area contributed by atoms with Crippen LogP contribution in [0.2, 0.25) is 0 Å². The van der Waals surface area contributed by atoms with E-state index in [0.29, 0.717) is 11.4 Å². The Labute approximate surface area is 190 Å². The number of hydrogen-bond donors (Lipinski definition) is 0. The molecule has 0 bridgehead atoms. The van der Waals surface area contributed by atoms with Gasteiger partial charge in [-0.05, 0) is 42.8 Å². The van der Waals surface area contributed by atoms with Crippen molar-refractivity contribution in [2.75, 3.05) is 18.1 Å². The lowest BCUT2D eigenvalue weighted by Gasteiger charge is -2.38. The van der Waals surface area contributed by atoms with Crippen LogP contribution in [0.5, 0.6) is 0 Å². The van der Waals surface area contributed by atoms with Gasteiger partial charge in [-0.15, -0.1) is 23.1 Å². The number of para-hydroxylation sites is 1. The van der Waals surface area contributed by atoms with Crippen molar-refractivity contribution in [1.82, 2.24) is 0 Å². The number of thioether (sulfide) groups is 1. The molecule has 0 aliphatic carbocycles. The summed E-state index contributed by atoms with van der Waals surface area (Å²) in [6, 6.07) is 13.1. The van der Waals surface area contributed by atoms with Gasteiger partial charge in [-0.2, -0.15) is 0 Å². The molecule has 0 saturated heterocycles. The Hall–Kier alpha value is -2.58. The molecule has 2 heterocycles. The summed E-state index contributed by atoms with van der Waals surface area (Å²) in [6.07, 6.45) is 0. The highest BCUT2D eigenvalue weighted by molar-refractivity contribution is 8.03. The first kappa shape index (κ1) is 23.1. The Kier molecular flexibility index (Phi) is 7.92. The zero-order valence-electron chi connectivity index (χ0n) is 17.6. The molecule has 0 spiro atoms. The molecule has 1 aliphatic heterocycles. The number of anilines is 1. The van der Waals surface area contributed by atoms with E-state index >= 15 is 0 Å². The third-order valence-electron chi connectivity index (χ3n) is 4.85. The van der Waals surface area contributed by atoms with Crippen LogP contribution in [-0.2, 0) is 23.9 Å². The first-order chi connectivity index (χ1) is 15.0. The standard InChI is InChI=1S/C23H25NO5S2/c1-4-28-22(26)20-19(18-12-9-13-30-18)17(14-31-21(20)23(27)29-5-2)24(15(3)25)16-10-7-6-8-11-16/h6-14,19-21H,4-5H2,1-3H3. The van der Waals surface area contributed by atoms with Crippen molar-refractivity contribution < 1.29 is 23.9 Å². The average molecular weight is 460 g/mol. The Morgan fingerprint density at radius 2 is 1.65 bits per heavy atom. The first-order valence-corrected chi connectivity index (χ1v) is 11.9. The SMILES string of the molecule is CCOC(=O)C1SC=C(N(C(C)=O)c2ccccc2)C(c2cccs2)C1C(=O)OCC. The fourth-order valence-corrected chi connectivity index (χ4v) is 5.70. The smallest absolute Gasteiger partial charge is 0.320 e. The molecule has 2 aromatic rings. The van der Waals surface area contributed by atoms with Crippen LogP contribution in [0.25, 0.3) is 0 Å². The number of nitrogens with zero attached hydrogens (tertiary/aromatic N) is 1. The predicted octanol–water partition coefficient (Wildman–Crippen LogP) is 4.58. The van der Waals surface area contributed by atoms with Gasteiger partial charge in [0.25, 0.3) is 0 Å². The van der Waals surface area contributed by atoms with Crippen LogP contribution in [0.1, 0.15) is 31.6 Å². The minimum atomic E-state index is -0.826. The van der Waals surface area contributed by atoms with E-state index in [4.69, 9.17) is 9.47 Å². The summed E-state index contributed by atoms with van der Waals surface area (Å²) in [5, 5.41) is 2.95. The molecule has 8 heteroatoms. The summed E-state index contributed by atoms with van der Waals surface area (Å²) >= 11 is 2.67. The fourth-order valence-electron chi connectivity index (χ4n) is 3.66. The maximum Gasteiger partial charge on any atom is 0.320 e. The maximum absolute atomic E-state index is 13.1. The molecule has 1 aromatic heterocycles. The number of rotatable bonds is 7. The predicted molar refractivity (Wildman–Crippen MR) is 123 cm³/mol. The normalized spacial score (nSPS) is 20.5. The zero-order chi connectivity index (χ0) is 22.4. The van der Waals surface area contributed by atoms with E-state index in [9.17, 15) is 14.4 Å². The highest BCUT2D eigenvalue weighted by atomic mass is 32.2. The molecule has 31 heavy (non-hydrogen) atoms. The summed E-state index contributed by atoms with van der Waals surface area (Å²) in [6.45, 7) is 5.36. The summed E-state index contributed by atoms with van der Waals surface area (Å²) in [5.41, 5.74) is 1.34. The van der Waals surface area contributed by atoms with Crippen LogP contribution in [0.15, 0.2) is 58.9 Å². The summed E-state index contributed by atoms with van der Waals surface area (Å²) in [5.74, 6) is -2.48. The molecule has 0 fully saturated rings. The van der Waals surface area contributed by atoms with Crippen LogP contribution in [0, 0.1) is 5.92 Å². The van der Waals surface area contributed by atoms with Crippen molar-refractivity contribution in [3.8, 4) is 0 Å². The van der Waals surface area contributed by atoms with Crippen LogP contribution in [0.3, 0.4) is 0 Å². The monoisotopic (exact) mass is 459 g/mol. The van der Waals surface area contributed by atoms with Gasteiger partial charge in [-0.1, -0.05) is 24.3 Å². The first-order valence-electron chi connectivity index (χ1n) is 10.1. The van der Waals surface area contributed by atoms with E-state index in [0.717, 1.165) is 4.88 Å². The van der Waals surface area contributed by atoms with Gasteiger partial charge in [0, 0.05) is 29.1 Å². The quantitative estimate of drug-likeness (QED) is 0.564. The molecule has 1 aromatic carbocycles. The van der Waals surface area contributed by atoms with Crippen LogP contribution in [0.4, 0.5) is 5.69 Å². The van der Waals surface area contributed by atoms with Crippen molar-refractivity contribution in [2.45, 2.75) is 31.9 Å². The number of carbonyl (C=O) groups excluding carboxylic acids is 3. The van der Waals surface area contributed by atoms with Crippen LogP contribution < -0.4 is 4.90 Å². The summed E-state index contributed by atoms with van der Waals surface area (Å²) in [4.78, 5) is 41.1. The van der Waals surface area contributed by atoms with Gasteiger partial charge in [0.15, 0.2) is 0 Å². The van der Waals surface area contributed by atoms with E-state index in [-0.39, 0.29) is 19.1 Å². The maximum atomic E-state index is 13.1. The van der Waals surface area contributed by atoms with Crippen molar-refractivity contribution in [1.29, 1.82) is 0 Å². The molecule has 0 saturated carbocycles. The number of amides is 1. The molecule has 164 valence electrons. The molecule has 0 N–H and O–H groups in total. The second-order valence-electron chi connectivity index (χ2n) is 6.81. The van der Waals surface area contributed by atoms with E-state index in [1.54, 1.807) is 24.2 Å². The van der Waals surface area contributed by atoms with Crippen molar-refractivity contribution >= 4 is 46.6 Å². The number of allylic oxidation sites excluding steroid dienone is 1. The third-order valence-corrected chi connectivity index (χ3v) is 6.97. The van der Waals surface area contributed by atoms with E-state index < -0.39 is 29.0 Å². The summed E-state index contributed by atoms with van der Waals surface area (Å²) < 4.78 is 10.6. The molecule has 3 rings (SSSR count). The summed E-state index contributed by atoms with van der Waals surface area (Å²) in [7, 11) is 0. The molecule has 3 atom stereocenters. The molecular formula is C23H25NO5S2. The van der Waals surface area contributed by atoms with Gasteiger partial charge in [0.1, 0.15) is 5.25 Å². The minimum Gasteiger partial charge on any atom is -0.466 e. The van der Waals surface area contributed by atoms with Crippen molar-refractivity contribution in [2.24, 2.45) is 5.92 Å². The van der Waals surface area contributed by atoms with E-state index in [1.807, 2.05) is 47.8 Å². The van der Waals surface area contributed by atoms with Crippen molar-refractivity contribution in [3.63, 3.8) is 0 Å². The van der Waals surface area contributed by atoms with Crippen molar-refractivity contribution in [3.05, 3.63) is 63.8 Å². The van der Waals surface area contributed by atoms with Gasteiger partial charge in [0.2, 0.25) is 5.91 Å². The Balaban J connectivity index is 2.16. The molecule has 6 nitrogen and oxygen atoms in total. The number of esters is 2. The van der Waals surface area contributed by atoms with Gasteiger partial charge in [-0.3, -0.25) is 19.3 Å². The van der Waals surface area contributed by atoms with E-state index in [2.05, 4.69) is 0 Å². The van der Waals surface area contributed by atoms with Gasteiger partial charge >= 0.3 is 11.9 Å². The minimum absolute atomic E-state index is 0.184. The van der Waals surface area contributed by atoms with Gasteiger partial charge < -0.3 is 9.47 Å². The zero-order valence-corrected chi connectivity index (χ0v) is 19.3. The van der Waals surface area contributed by atoms with E-state index in [1.165, 1.54) is 30.0 Å². The topological polar surface area (TPSA) is 72.9 Å². The van der Waals surface area contributed by atoms with Gasteiger partial charge in [-0.25, -0.2) is 0 Å². The number of carbonyl (C=O) groups is 3. The number of benzene rings is 1. The lowest BCUT2D eigenvalue weighted by atomic mass is 9.84. The highest BCUT2D eigenvalue weighted by Crippen LogP contribution is 2.48. The second kappa shape index (κ2) is 10.6. The molecular weight excluding hydrogens is 434 g/mol. The van der Waals surface area contributed by atoms with Gasteiger partial charge in [0.05, 0.1) is 19.1 Å².